The SMILES string of the molecule is COc1ccc(SCC(=O)Nc2ccc(OC3CCN(C)CC3)cc2)cc1. The number of likely N-dealkylation sites (tertiary alicyclic amines) is 1. The first-order valence-electron chi connectivity index (χ1n) is 9.14. The normalized spacial score (nSPS) is 15.3. The fourth-order valence-electron chi connectivity index (χ4n) is 2.93. The maximum Gasteiger partial charge on any atom is 0.234 e. The second-order valence-electron chi connectivity index (χ2n) is 6.66. The first-order valence-corrected chi connectivity index (χ1v) is 10.1. The molecule has 0 spiro atoms. The van der Waals surface area contributed by atoms with Gasteiger partial charge in [-0.2, -0.15) is 0 Å². The summed E-state index contributed by atoms with van der Waals surface area (Å²) in [6, 6.07) is 15.3. The first-order chi connectivity index (χ1) is 13.1. The van der Waals surface area contributed by atoms with Crippen LogP contribution in [0.3, 0.4) is 0 Å². The van der Waals surface area contributed by atoms with Gasteiger partial charge in [-0.15, -0.1) is 11.8 Å². The van der Waals surface area contributed by atoms with E-state index in [1.54, 1.807) is 7.11 Å². The molecule has 6 heteroatoms. The molecule has 1 aliphatic rings. The number of carbonyl (C=O) groups excluding carboxylic acids is 1. The molecule has 1 saturated heterocycles. The monoisotopic (exact) mass is 386 g/mol. The lowest BCUT2D eigenvalue weighted by molar-refractivity contribution is -0.113. The average Bonchev–Trinajstić information content (AvgIpc) is 2.70. The minimum atomic E-state index is -0.0280. The zero-order chi connectivity index (χ0) is 19.1. The number of amides is 1. The van der Waals surface area contributed by atoms with Crippen molar-refractivity contribution in [2.75, 3.05) is 38.3 Å². The summed E-state index contributed by atoms with van der Waals surface area (Å²) in [6.45, 7) is 2.15. The van der Waals surface area contributed by atoms with Crippen LogP contribution in [0.4, 0.5) is 5.69 Å². The molecule has 1 amide bonds. The van der Waals surface area contributed by atoms with Crippen LogP contribution in [0.5, 0.6) is 11.5 Å². The summed E-state index contributed by atoms with van der Waals surface area (Å²) in [4.78, 5) is 15.5. The van der Waals surface area contributed by atoms with E-state index in [4.69, 9.17) is 9.47 Å². The molecule has 0 bridgehead atoms. The van der Waals surface area contributed by atoms with Crippen molar-refractivity contribution in [2.45, 2.75) is 23.8 Å². The van der Waals surface area contributed by atoms with Gasteiger partial charge in [-0.05, 0) is 68.4 Å². The third-order valence-electron chi connectivity index (χ3n) is 4.54. The highest BCUT2D eigenvalue weighted by atomic mass is 32.2. The number of carbonyl (C=O) groups is 1. The molecule has 2 aromatic carbocycles. The molecule has 1 heterocycles. The van der Waals surface area contributed by atoms with Crippen LogP contribution in [-0.2, 0) is 4.79 Å². The van der Waals surface area contributed by atoms with Crippen molar-refractivity contribution in [1.82, 2.24) is 4.90 Å². The zero-order valence-electron chi connectivity index (χ0n) is 15.8. The number of rotatable bonds is 7. The van der Waals surface area contributed by atoms with Crippen LogP contribution in [0.15, 0.2) is 53.4 Å². The lowest BCUT2D eigenvalue weighted by atomic mass is 10.1. The van der Waals surface area contributed by atoms with Gasteiger partial charge in [0.15, 0.2) is 0 Å². The molecule has 5 nitrogen and oxygen atoms in total. The molecule has 0 atom stereocenters. The number of thioether (sulfide) groups is 1. The Kier molecular flexibility index (Phi) is 7.01. The third-order valence-corrected chi connectivity index (χ3v) is 5.55. The molecule has 2 aromatic rings. The molecule has 0 radical (unpaired) electrons. The molecule has 0 unspecified atom stereocenters. The fraction of sp³-hybridized carbons (Fsp3) is 0.381. The highest BCUT2D eigenvalue weighted by Gasteiger charge is 2.17. The second-order valence-corrected chi connectivity index (χ2v) is 7.71. The largest absolute Gasteiger partial charge is 0.497 e. The van der Waals surface area contributed by atoms with Gasteiger partial charge in [0.2, 0.25) is 5.91 Å². The fourth-order valence-corrected chi connectivity index (χ4v) is 3.63. The molecule has 0 aromatic heterocycles. The van der Waals surface area contributed by atoms with E-state index >= 15 is 0 Å². The summed E-state index contributed by atoms with van der Waals surface area (Å²) in [5.41, 5.74) is 0.783. The Morgan fingerprint density at radius 2 is 1.70 bits per heavy atom. The van der Waals surface area contributed by atoms with Gasteiger partial charge in [-0.3, -0.25) is 4.79 Å². The number of ether oxygens (including phenoxy) is 2. The van der Waals surface area contributed by atoms with Crippen molar-refractivity contribution < 1.29 is 14.3 Å². The zero-order valence-corrected chi connectivity index (χ0v) is 16.6. The van der Waals surface area contributed by atoms with Crippen molar-refractivity contribution in [3.05, 3.63) is 48.5 Å². The van der Waals surface area contributed by atoms with Crippen molar-refractivity contribution in [1.29, 1.82) is 0 Å². The minimum absolute atomic E-state index is 0.0280. The van der Waals surface area contributed by atoms with Gasteiger partial charge in [0.25, 0.3) is 0 Å². The summed E-state index contributed by atoms with van der Waals surface area (Å²) in [5, 5.41) is 2.92. The standard InChI is InChI=1S/C21H26N2O3S/c1-23-13-11-19(12-14-23)26-18-5-3-16(4-6-18)22-21(24)15-27-20-9-7-17(25-2)8-10-20/h3-10,19H,11-15H2,1-2H3,(H,22,24). The quantitative estimate of drug-likeness (QED) is 0.732. The summed E-state index contributed by atoms with van der Waals surface area (Å²) in [5.74, 6) is 2.00. The number of benzene rings is 2. The highest BCUT2D eigenvalue weighted by Crippen LogP contribution is 2.23. The maximum atomic E-state index is 12.1. The van der Waals surface area contributed by atoms with Crippen molar-refractivity contribution in [3.63, 3.8) is 0 Å². The molecule has 1 aliphatic heterocycles. The number of anilines is 1. The van der Waals surface area contributed by atoms with Crippen molar-refractivity contribution in [2.24, 2.45) is 0 Å². The van der Waals surface area contributed by atoms with Crippen LogP contribution in [0.2, 0.25) is 0 Å². The van der Waals surface area contributed by atoms with E-state index in [0.29, 0.717) is 5.75 Å². The molecule has 3 rings (SSSR count). The van der Waals surface area contributed by atoms with Crippen LogP contribution >= 0.6 is 11.8 Å². The third kappa shape index (κ3) is 6.19. The van der Waals surface area contributed by atoms with E-state index in [9.17, 15) is 4.79 Å². The molecule has 1 fully saturated rings. The number of hydrogen-bond donors (Lipinski definition) is 1. The van der Waals surface area contributed by atoms with Gasteiger partial charge in [-0.1, -0.05) is 0 Å². The first kappa shape index (κ1) is 19.6. The van der Waals surface area contributed by atoms with E-state index in [1.807, 2.05) is 48.5 Å². The second kappa shape index (κ2) is 9.67. The van der Waals surface area contributed by atoms with E-state index in [-0.39, 0.29) is 12.0 Å². The number of nitrogens with one attached hydrogen (secondary N) is 1. The van der Waals surface area contributed by atoms with E-state index in [0.717, 1.165) is 48.0 Å². The van der Waals surface area contributed by atoms with Gasteiger partial charge >= 0.3 is 0 Å². The Labute approximate surface area is 165 Å². The summed E-state index contributed by atoms with van der Waals surface area (Å²) >= 11 is 1.50. The van der Waals surface area contributed by atoms with Crippen molar-refractivity contribution >= 4 is 23.4 Å². The highest BCUT2D eigenvalue weighted by molar-refractivity contribution is 8.00. The van der Waals surface area contributed by atoms with Crippen LogP contribution < -0.4 is 14.8 Å². The van der Waals surface area contributed by atoms with Crippen LogP contribution in [0.25, 0.3) is 0 Å². The maximum absolute atomic E-state index is 12.1. The molecule has 0 aliphatic carbocycles. The topological polar surface area (TPSA) is 50.8 Å². The number of piperidine rings is 1. The van der Waals surface area contributed by atoms with Gasteiger partial charge in [0.1, 0.15) is 17.6 Å². The van der Waals surface area contributed by atoms with E-state index < -0.39 is 0 Å². The average molecular weight is 387 g/mol. The number of methoxy groups -OCH3 is 1. The van der Waals surface area contributed by atoms with Gasteiger partial charge in [0.05, 0.1) is 12.9 Å². The summed E-state index contributed by atoms with van der Waals surface area (Å²) < 4.78 is 11.2. The molecular weight excluding hydrogens is 360 g/mol. The lowest BCUT2D eigenvalue weighted by Crippen LogP contribution is -2.35. The van der Waals surface area contributed by atoms with Crippen LogP contribution in [0, 0.1) is 0 Å². The Morgan fingerprint density at radius 3 is 2.33 bits per heavy atom. The smallest absolute Gasteiger partial charge is 0.234 e. The van der Waals surface area contributed by atoms with Gasteiger partial charge in [0, 0.05) is 23.7 Å². The van der Waals surface area contributed by atoms with Crippen LogP contribution in [0.1, 0.15) is 12.8 Å². The molecule has 1 N–H and O–H groups in total. The van der Waals surface area contributed by atoms with Crippen molar-refractivity contribution in [3.8, 4) is 11.5 Å². The number of nitrogens with zero attached hydrogens (tertiary/aromatic N) is 1. The van der Waals surface area contributed by atoms with Crippen LogP contribution in [-0.4, -0.2) is 49.9 Å². The summed E-state index contributed by atoms with van der Waals surface area (Å²) in [6.07, 6.45) is 2.39. The Bertz CT molecular complexity index is 726. The van der Waals surface area contributed by atoms with E-state index in [2.05, 4.69) is 17.3 Å². The Hall–Kier alpha value is -2.18. The minimum Gasteiger partial charge on any atom is -0.497 e. The molecule has 27 heavy (non-hydrogen) atoms. The molecule has 0 saturated carbocycles. The predicted molar refractivity (Wildman–Crippen MR) is 110 cm³/mol. The Balaban J connectivity index is 1.43. The van der Waals surface area contributed by atoms with E-state index in [1.165, 1.54) is 11.8 Å². The van der Waals surface area contributed by atoms with Gasteiger partial charge in [-0.25, -0.2) is 0 Å². The number of hydrogen-bond acceptors (Lipinski definition) is 5. The molecule has 144 valence electrons. The lowest BCUT2D eigenvalue weighted by Gasteiger charge is -2.29. The summed E-state index contributed by atoms with van der Waals surface area (Å²) in [7, 11) is 3.78. The van der Waals surface area contributed by atoms with Gasteiger partial charge < -0.3 is 19.7 Å². The predicted octanol–water partition coefficient (Wildman–Crippen LogP) is 3.90. The molecular formula is C21H26N2O3S. The Morgan fingerprint density at radius 1 is 1.07 bits per heavy atom.